The highest BCUT2D eigenvalue weighted by molar-refractivity contribution is 6.11. The quantitative estimate of drug-likeness (QED) is 0.197. The lowest BCUT2D eigenvalue weighted by Crippen LogP contribution is -2.26. The number of rotatable bonds is 3. The van der Waals surface area contributed by atoms with Crippen LogP contribution in [0.5, 0.6) is 0 Å². The molecule has 10 rings (SSSR count). The molecule has 226 valence electrons. The van der Waals surface area contributed by atoms with Gasteiger partial charge in [0.1, 0.15) is 0 Å². The maximum absolute atomic E-state index is 9.39. The maximum Gasteiger partial charge on any atom is 0.0992 e. The number of benzene rings is 6. The molecule has 0 unspecified atom stereocenters. The molecule has 2 aliphatic carbocycles. The van der Waals surface area contributed by atoms with Crippen LogP contribution in [0.1, 0.15) is 27.8 Å². The van der Waals surface area contributed by atoms with E-state index < -0.39 is 5.41 Å². The third-order valence-corrected chi connectivity index (χ3v) is 10.4. The van der Waals surface area contributed by atoms with E-state index in [2.05, 4.69) is 145 Å². The van der Waals surface area contributed by atoms with Crippen LogP contribution in [0.3, 0.4) is 0 Å². The smallest absolute Gasteiger partial charge is 0.0992 e. The van der Waals surface area contributed by atoms with Crippen molar-refractivity contribution < 1.29 is 0 Å². The van der Waals surface area contributed by atoms with Crippen molar-refractivity contribution in [1.29, 1.82) is 5.26 Å². The largest absolute Gasteiger partial charge is 0.255 e. The minimum Gasteiger partial charge on any atom is -0.255 e. The zero-order valence-corrected chi connectivity index (χ0v) is 26.4. The van der Waals surface area contributed by atoms with E-state index in [1.165, 1.54) is 66.4 Å². The minimum atomic E-state index is -0.490. The molecule has 0 radical (unpaired) electrons. The molecule has 49 heavy (non-hydrogen) atoms. The Balaban J connectivity index is 1.26. The molecule has 8 aromatic rings. The first-order valence-electron chi connectivity index (χ1n) is 16.5. The van der Waals surface area contributed by atoms with Gasteiger partial charge in [-0.25, -0.2) is 0 Å². The van der Waals surface area contributed by atoms with Crippen molar-refractivity contribution >= 4 is 10.8 Å². The fourth-order valence-electron chi connectivity index (χ4n) is 8.39. The standard InChI is InChI=1S/C46H27N3/c47-27-29-22-23-48-44(24-29)43-21-19-32(28-49-43)31-18-20-37-41(25-31)46(39-16-8-6-13-34(39)35-14-7-9-17-40(35)46)42-26-38(30-10-2-1-3-11-30)33-12-4-5-15-36(33)45(37)42/h1-26,28H. The van der Waals surface area contributed by atoms with Gasteiger partial charge in [0.05, 0.1) is 28.4 Å². The summed E-state index contributed by atoms with van der Waals surface area (Å²) in [6.45, 7) is 0. The summed E-state index contributed by atoms with van der Waals surface area (Å²) in [5.74, 6) is 0. The van der Waals surface area contributed by atoms with Gasteiger partial charge >= 0.3 is 0 Å². The van der Waals surface area contributed by atoms with Gasteiger partial charge in [0.25, 0.3) is 0 Å². The van der Waals surface area contributed by atoms with Crippen LogP contribution in [0, 0.1) is 11.3 Å². The highest BCUT2D eigenvalue weighted by Gasteiger charge is 2.52. The normalized spacial score (nSPS) is 13.0. The van der Waals surface area contributed by atoms with Gasteiger partial charge in [-0.2, -0.15) is 5.26 Å². The second kappa shape index (κ2) is 10.4. The molecule has 0 saturated carbocycles. The lowest BCUT2D eigenvalue weighted by Gasteiger charge is -2.31. The van der Waals surface area contributed by atoms with E-state index in [-0.39, 0.29) is 0 Å². The van der Waals surface area contributed by atoms with Gasteiger partial charge in [-0.15, -0.1) is 0 Å². The Bertz CT molecular complexity index is 2620. The van der Waals surface area contributed by atoms with Crippen molar-refractivity contribution in [2.75, 3.05) is 0 Å². The average Bonchev–Trinajstić information content (AvgIpc) is 3.65. The van der Waals surface area contributed by atoms with Gasteiger partial charge in [0.2, 0.25) is 0 Å². The van der Waals surface area contributed by atoms with E-state index in [1.54, 1.807) is 18.3 Å². The summed E-state index contributed by atoms with van der Waals surface area (Å²) >= 11 is 0. The second-order valence-corrected chi connectivity index (χ2v) is 12.8. The molecule has 0 N–H and O–H groups in total. The average molecular weight is 622 g/mol. The van der Waals surface area contributed by atoms with E-state index in [0.717, 1.165) is 16.8 Å². The molecular weight excluding hydrogens is 595 g/mol. The summed E-state index contributed by atoms with van der Waals surface area (Å²) in [5, 5.41) is 11.9. The van der Waals surface area contributed by atoms with Gasteiger partial charge in [-0.3, -0.25) is 9.97 Å². The molecule has 3 nitrogen and oxygen atoms in total. The number of aromatic nitrogens is 2. The molecular formula is C46H27N3. The van der Waals surface area contributed by atoms with Crippen LogP contribution in [0.15, 0.2) is 164 Å². The van der Waals surface area contributed by atoms with Gasteiger partial charge in [-0.1, -0.05) is 121 Å². The first kappa shape index (κ1) is 27.5. The van der Waals surface area contributed by atoms with Crippen LogP contribution in [0.4, 0.5) is 0 Å². The van der Waals surface area contributed by atoms with E-state index in [9.17, 15) is 5.26 Å². The van der Waals surface area contributed by atoms with E-state index in [4.69, 9.17) is 4.98 Å². The van der Waals surface area contributed by atoms with Crippen LogP contribution in [0.2, 0.25) is 0 Å². The summed E-state index contributed by atoms with van der Waals surface area (Å²) in [4.78, 5) is 9.27. The summed E-state index contributed by atoms with van der Waals surface area (Å²) in [6.07, 6.45) is 3.58. The predicted octanol–water partition coefficient (Wildman–Crippen LogP) is 10.8. The summed E-state index contributed by atoms with van der Waals surface area (Å²) in [7, 11) is 0. The van der Waals surface area contributed by atoms with Crippen LogP contribution in [0.25, 0.3) is 66.7 Å². The Morgan fingerprint density at radius 2 is 1.14 bits per heavy atom. The zero-order valence-electron chi connectivity index (χ0n) is 26.4. The molecule has 2 aromatic heterocycles. The Morgan fingerprint density at radius 1 is 0.449 bits per heavy atom. The molecule has 3 heteroatoms. The molecule has 0 saturated heterocycles. The van der Waals surface area contributed by atoms with Crippen molar-refractivity contribution in [3.05, 3.63) is 192 Å². The Kier molecular flexibility index (Phi) is 5.85. The summed E-state index contributed by atoms with van der Waals surface area (Å²) in [5.41, 5.74) is 16.5. The molecule has 1 spiro atoms. The fraction of sp³-hybridized carbons (Fsp3) is 0.0217. The van der Waals surface area contributed by atoms with Gasteiger partial charge in [-0.05, 0) is 102 Å². The third kappa shape index (κ3) is 3.83. The lowest BCUT2D eigenvalue weighted by atomic mass is 9.69. The topological polar surface area (TPSA) is 49.6 Å². The van der Waals surface area contributed by atoms with Crippen LogP contribution < -0.4 is 0 Å². The molecule has 2 aliphatic rings. The number of nitrogens with zero attached hydrogens (tertiary/aromatic N) is 3. The van der Waals surface area contributed by atoms with Crippen molar-refractivity contribution in [1.82, 2.24) is 9.97 Å². The van der Waals surface area contributed by atoms with E-state index in [1.807, 2.05) is 12.3 Å². The molecule has 6 aromatic carbocycles. The molecule has 0 aliphatic heterocycles. The number of nitriles is 1. The Labute approximate surface area is 284 Å². The van der Waals surface area contributed by atoms with Gasteiger partial charge in [0.15, 0.2) is 0 Å². The van der Waals surface area contributed by atoms with Crippen molar-refractivity contribution in [3.63, 3.8) is 0 Å². The molecule has 2 heterocycles. The SMILES string of the molecule is N#Cc1ccnc(-c2ccc(-c3ccc4c(c3)C3(c5ccccc5-c5ccccc53)c3cc(-c5ccccc5)c5ccccc5c3-4)cn2)c1. The van der Waals surface area contributed by atoms with Crippen LogP contribution >= 0.6 is 0 Å². The number of hydrogen-bond acceptors (Lipinski definition) is 3. The summed E-state index contributed by atoms with van der Waals surface area (Å²) < 4.78 is 0. The van der Waals surface area contributed by atoms with E-state index in [0.29, 0.717) is 11.3 Å². The maximum atomic E-state index is 9.39. The third-order valence-electron chi connectivity index (χ3n) is 10.4. The van der Waals surface area contributed by atoms with Crippen molar-refractivity contribution in [2.24, 2.45) is 0 Å². The molecule has 0 bridgehead atoms. The number of fused-ring (bicyclic) bond motifs is 12. The van der Waals surface area contributed by atoms with Crippen LogP contribution in [-0.4, -0.2) is 9.97 Å². The minimum absolute atomic E-state index is 0.490. The highest BCUT2D eigenvalue weighted by Crippen LogP contribution is 2.64. The van der Waals surface area contributed by atoms with Crippen molar-refractivity contribution in [3.8, 4) is 62.0 Å². The first-order chi connectivity index (χ1) is 24.3. The first-order valence-corrected chi connectivity index (χ1v) is 16.5. The number of hydrogen-bond donors (Lipinski definition) is 0. The van der Waals surface area contributed by atoms with Crippen molar-refractivity contribution in [2.45, 2.75) is 5.41 Å². The Morgan fingerprint density at radius 3 is 1.88 bits per heavy atom. The summed E-state index contributed by atoms with van der Waals surface area (Å²) in [6, 6.07) is 56.8. The van der Waals surface area contributed by atoms with Gasteiger partial charge in [0, 0.05) is 18.0 Å². The zero-order chi connectivity index (χ0) is 32.5. The van der Waals surface area contributed by atoms with Gasteiger partial charge < -0.3 is 0 Å². The fourth-order valence-corrected chi connectivity index (χ4v) is 8.39. The lowest BCUT2D eigenvalue weighted by molar-refractivity contribution is 0.795. The monoisotopic (exact) mass is 621 g/mol. The molecule has 0 amide bonds. The van der Waals surface area contributed by atoms with E-state index >= 15 is 0 Å². The highest BCUT2D eigenvalue weighted by atomic mass is 14.8. The predicted molar refractivity (Wildman–Crippen MR) is 197 cm³/mol. The second-order valence-electron chi connectivity index (χ2n) is 12.8. The molecule has 0 fully saturated rings. The number of pyridine rings is 2. The molecule has 0 atom stereocenters. The van der Waals surface area contributed by atoms with Crippen LogP contribution in [-0.2, 0) is 5.41 Å². The Hall–Kier alpha value is -6.63.